The first kappa shape index (κ1) is 13.0. The molecule has 3 aliphatic carbocycles. The Morgan fingerprint density at radius 1 is 1.06 bits per heavy atom. The smallest absolute Gasteiger partial charge is 0.0123 e. The van der Waals surface area contributed by atoms with Gasteiger partial charge in [-0.2, -0.15) is 0 Å². The lowest BCUT2D eigenvalue weighted by atomic mass is 9.70. The Morgan fingerprint density at radius 2 is 1.94 bits per heavy atom. The Labute approximate surface area is 113 Å². The van der Waals surface area contributed by atoms with Crippen molar-refractivity contribution < 1.29 is 0 Å². The lowest BCUT2D eigenvalue weighted by molar-refractivity contribution is 0.141. The molecule has 1 heteroatoms. The van der Waals surface area contributed by atoms with Crippen LogP contribution in [0.25, 0.3) is 0 Å². The van der Waals surface area contributed by atoms with Gasteiger partial charge < -0.3 is 5.32 Å². The number of hydrogen-bond acceptors (Lipinski definition) is 1. The first-order chi connectivity index (χ1) is 8.81. The van der Waals surface area contributed by atoms with Crippen LogP contribution in [0.4, 0.5) is 0 Å². The van der Waals surface area contributed by atoms with Crippen LogP contribution in [0.3, 0.4) is 0 Å². The average Bonchev–Trinajstić information content (AvgIpc) is 3.02. The van der Waals surface area contributed by atoms with Crippen molar-refractivity contribution in [1.82, 2.24) is 5.32 Å². The largest absolute Gasteiger partial charge is 0.316 e. The normalized spacial score (nSPS) is 45.3. The van der Waals surface area contributed by atoms with Gasteiger partial charge in [-0.25, -0.2) is 0 Å². The van der Waals surface area contributed by atoms with Crippen LogP contribution in [-0.4, -0.2) is 13.1 Å². The predicted octanol–water partition coefficient (Wildman–Crippen LogP) is 4.23. The molecule has 0 aromatic rings. The Hall–Kier alpha value is -0.0400. The maximum Gasteiger partial charge on any atom is 0.0123 e. The third-order valence-electron chi connectivity index (χ3n) is 6.50. The van der Waals surface area contributed by atoms with Crippen molar-refractivity contribution >= 4 is 0 Å². The number of hydrogen-bond donors (Lipinski definition) is 1. The van der Waals surface area contributed by atoms with Gasteiger partial charge in [-0.3, -0.25) is 0 Å². The van der Waals surface area contributed by atoms with Gasteiger partial charge in [-0.15, -0.1) is 0 Å². The SMILES string of the molecule is CCC1CCCC(C(NC)C2CC3CCC2C3)C1. The van der Waals surface area contributed by atoms with E-state index >= 15 is 0 Å². The van der Waals surface area contributed by atoms with Crippen LogP contribution in [0.1, 0.15) is 64.7 Å². The molecule has 6 atom stereocenters. The second kappa shape index (κ2) is 5.53. The quantitative estimate of drug-likeness (QED) is 0.786. The summed E-state index contributed by atoms with van der Waals surface area (Å²) in [5.74, 6) is 5.21. The maximum absolute atomic E-state index is 3.74. The van der Waals surface area contributed by atoms with Crippen molar-refractivity contribution in [2.24, 2.45) is 29.6 Å². The van der Waals surface area contributed by atoms with Gasteiger partial charge in [0.15, 0.2) is 0 Å². The van der Waals surface area contributed by atoms with Crippen LogP contribution >= 0.6 is 0 Å². The van der Waals surface area contributed by atoms with E-state index in [1.54, 1.807) is 19.3 Å². The summed E-state index contributed by atoms with van der Waals surface area (Å²) in [5, 5.41) is 3.74. The van der Waals surface area contributed by atoms with Gasteiger partial charge >= 0.3 is 0 Å². The van der Waals surface area contributed by atoms with Crippen molar-refractivity contribution in [3.63, 3.8) is 0 Å². The Kier molecular flexibility index (Phi) is 3.98. The highest BCUT2D eigenvalue weighted by molar-refractivity contribution is 4.97. The fourth-order valence-corrected chi connectivity index (χ4v) is 5.56. The molecular formula is C17H31N. The minimum Gasteiger partial charge on any atom is -0.316 e. The maximum atomic E-state index is 3.74. The summed E-state index contributed by atoms with van der Waals surface area (Å²) < 4.78 is 0. The van der Waals surface area contributed by atoms with Crippen LogP contribution < -0.4 is 5.32 Å². The third-order valence-corrected chi connectivity index (χ3v) is 6.50. The first-order valence-electron chi connectivity index (χ1n) is 8.49. The molecule has 3 aliphatic rings. The van der Waals surface area contributed by atoms with Crippen molar-refractivity contribution in [3.05, 3.63) is 0 Å². The Bertz CT molecular complexity index is 275. The van der Waals surface area contributed by atoms with Gasteiger partial charge in [-0.05, 0) is 68.7 Å². The molecule has 6 unspecified atom stereocenters. The molecule has 1 N–H and O–H groups in total. The van der Waals surface area contributed by atoms with E-state index in [0.717, 1.165) is 35.6 Å². The fraction of sp³-hybridized carbons (Fsp3) is 1.00. The minimum atomic E-state index is 0.842. The molecule has 0 heterocycles. The zero-order valence-corrected chi connectivity index (χ0v) is 12.3. The third kappa shape index (κ3) is 2.35. The van der Waals surface area contributed by atoms with Gasteiger partial charge in [0.2, 0.25) is 0 Å². The molecule has 18 heavy (non-hydrogen) atoms. The van der Waals surface area contributed by atoms with E-state index in [2.05, 4.69) is 19.3 Å². The summed E-state index contributed by atoms with van der Waals surface area (Å²) >= 11 is 0. The molecule has 1 nitrogen and oxygen atoms in total. The standard InChI is InChI=1S/C17H31N/c1-3-12-5-4-6-15(9-12)17(18-2)16-11-13-7-8-14(16)10-13/h12-18H,3-11H2,1-2H3. The molecule has 3 saturated carbocycles. The van der Waals surface area contributed by atoms with Crippen LogP contribution in [0.5, 0.6) is 0 Å². The zero-order valence-electron chi connectivity index (χ0n) is 12.3. The molecule has 0 spiro atoms. The summed E-state index contributed by atoms with van der Waals surface area (Å²) in [4.78, 5) is 0. The summed E-state index contributed by atoms with van der Waals surface area (Å²) in [7, 11) is 2.23. The van der Waals surface area contributed by atoms with Crippen LogP contribution in [0.2, 0.25) is 0 Å². The zero-order chi connectivity index (χ0) is 12.5. The van der Waals surface area contributed by atoms with Crippen molar-refractivity contribution in [2.75, 3.05) is 7.05 Å². The molecule has 3 fully saturated rings. The summed E-state index contributed by atoms with van der Waals surface area (Å²) in [6.45, 7) is 2.39. The van der Waals surface area contributed by atoms with E-state index in [1.165, 1.54) is 38.5 Å². The molecule has 0 amide bonds. The minimum absolute atomic E-state index is 0.842. The van der Waals surface area contributed by atoms with E-state index in [-0.39, 0.29) is 0 Å². The lowest BCUT2D eigenvalue weighted by Crippen LogP contribution is -2.44. The second-order valence-corrected chi connectivity index (χ2v) is 7.35. The van der Waals surface area contributed by atoms with Gasteiger partial charge in [0.05, 0.1) is 0 Å². The van der Waals surface area contributed by atoms with E-state index in [9.17, 15) is 0 Å². The highest BCUT2D eigenvalue weighted by Gasteiger charge is 2.45. The van der Waals surface area contributed by atoms with Gasteiger partial charge in [0, 0.05) is 6.04 Å². The predicted molar refractivity (Wildman–Crippen MR) is 77.5 cm³/mol. The molecule has 2 bridgehead atoms. The van der Waals surface area contributed by atoms with Crippen LogP contribution in [0, 0.1) is 29.6 Å². The molecular weight excluding hydrogens is 218 g/mol. The van der Waals surface area contributed by atoms with Crippen molar-refractivity contribution in [3.8, 4) is 0 Å². The van der Waals surface area contributed by atoms with Crippen LogP contribution in [-0.2, 0) is 0 Å². The Balaban J connectivity index is 1.64. The second-order valence-electron chi connectivity index (χ2n) is 7.35. The lowest BCUT2D eigenvalue weighted by Gasteiger charge is -2.40. The molecule has 0 aliphatic heterocycles. The van der Waals surface area contributed by atoms with Crippen molar-refractivity contribution in [1.29, 1.82) is 0 Å². The highest BCUT2D eigenvalue weighted by Crippen LogP contribution is 2.51. The summed E-state index contributed by atoms with van der Waals surface area (Å²) in [5.41, 5.74) is 0. The topological polar surface area (TPSA) is 12.0 Å². The van der Waals surface area contributed by atoms with Gasteiger partial charge in [-0.1, -0.05) is 32.6 Å². The number of nitrogens with one attached hydrogen (secondary N) is 1. The average molecular weight is 249 g/mol. The van der Waals surface area contributed by atoms with E-state index in [4.69, 9.17) is 0 Å². The monoisotopic (exact) mass is 249 g/mol. The van der Waals surface area contributed by atoms with E-state index < -0.39 is 0 Å². The summed E-state index contributed by atoms with van der Waals surface area (Å²) in [6, 6.07) is 0.842. The molecule has 0 aromatic heterocycles. The fourth-order valence-electron chi connectivity index (χ4n) is 5.56. The highest BCUT2D eigenvalue weighted by atomic mass is 14.9. The summed E-state index contributed by atoms with van der Waals surface area (Å²) in [6.07, 6.45) is 13.6. The molecule has 3 rings (SSSR count). The van der Waals surface area contributed by atoms with Crippen LogP contribution in [0.15, 0.2) is 0 Å². The number of fused-ring (bicyclic) bond motifs is 2. The van der Waals surface area contributed by atoms with Crippen molar-refractivity contribution in [2.45, 2.75) is 70.8 Å². The molecule has 0 radical (unpaired) electrons. The molecule has 104 valence electrons. The van der Waals surface area contributed by atoms with Gasteiger partial charge in [0.1, 0.15) is 0 Å². The first-order valence-corrected chi connectivity index (χ1v) is 8.49. The molecule has 0 aromatic carbocycles. The van der Waals surface area contributed by atoms with E-state index in [1.807, 2.05) is 0 Å². The number of rotatable bonds is 4. The Morgan fingerprint density at radius 3 is 2.56 bits per heavy atom. The van der Waals surface area contributed by atoms with Gasteiger partial charge in [0.25, 0.3) is 0 Å². The van der Waals surface area contributed by atoms with E-state index in [0.29, 0.717) is 0 Å². The molecule has 0 saturated heterocycles.